The van der Waals surface area contributed by atoms with Crippen molar-refractivity contribution in [3.63, 3.8) is 0 Å². The lowest BCUT2D eigenvalue weighted by Crippen LogP contribution is -2.53. The quantitative estimate of drug-likeness (QED) is 0.616. The van der Waals surface area contributed by atoms with Gasteiger partial charge in [-0.1, -0.05) is 6.07 Å². The molecule has 2 fully saturated rings. The maximum Gasteiger partial charge on any atom is 0.193 e. The van der Waals surface area contributed by atoms with Gasteiger partial charge in [0.2, 0.25) is 0 Å². The van der Waals surface area contributed by atoms with Crippen molar-refractivity contribution in [2.75, 3.05) is 63.3 Å². The number of guanidine groups is 1. The highest BCUT2D eigenvalue weighted by atomic mass is 32.2. The molecular weight excluding hydrogens is 352 g/mol. The van der Waals surface area contributed by atoms with Crippen molar-refractivity contribution in [3.05, 3.63) is 24.3 Å². The highest BCUT2D eigenvalue weighted by Gasteiger charge is 2.28. The summed E-state index contributed by atoms with van der Waals surface area (Å²) in [4.78, 5) is 8.96. The molecule has 0 aliphatic carbocycles. The third-order valence-electron chi connectivity index (χ3n) is 5.09. The number of piperazine rings is 1. The van der Waals surface area contributed by atoms with E-state index in [0.717, 1.165) is 44.3 Å². The fourth-order valence-corrected chi connectivity index (χ4v) is 5.45. The average Bonchev–Trinajstić information content (AvgIpc) is 3.01. The molecule has 1 aromatic rings. The first-order valence-corrected chi connectivity index (χ1v) is 10.9. The second kappa shape index (κ2) is 8.16. The van der Waals surface area contributed by atoms with Crippen molar-refractivity contribution < 1.29 is 13.2 Å². The second-order valence-electron chi connectivity index (χ2n) is 6.87. The molecule has 2 aliphatic rings. The molecule has 0 aromatic heterocycles. The molecule has 0 amide bonds. The molecule has 3 rings (SSSR count). The standard InChI is InChI=1S/C18H28N4O3S/c1-19-18(20-13-15-6-11-26(23,24)14-15)22-9-7-21(8-10-22)16-4-3-5-17(12-16)25-2/h3-5,12,15H,6-11,13-14H2,1-2H3,(H,19,20). The molecule has 0 spiro atoms. The predicted octanol–water partition coefficient (Wildman–Crippen LogP) is 0.827. The highest BCUT2D eigenvalue weighted by Crippen LogP contribution is 2.22. The van der Waals surface area contributed by atoms with Crippen molar-refractivity contribution in [1.29, 1.82) is 0 Å². The number of nitrogens with zero attached hydrogens (tertiary/aromatic N) is 3. The first-order chi connectivity index (χ1) is 12.5. The summed E-state index contributed by atoms with van der Waals surface area (Å²) in [6.45, 7) is 4.24. The van der Waals surface area contributed by atoms with Crippen LogP contribution in [0.1, 0.15) is 6.42 Å². The van der Waals surface area contributed by atoms with Gasteiger partial charge in [-0.15, -0.1) is 0 Å². The number of ether oxygens (including phenoxy) is 1. The predicted molar refractivity (Wildman–Crippen MR) is 105 cm³/mol. The molecule has 1 N–H and O–H groups in total. The first-order valence-electron chi connectivity index (χ1n) is 9.06. The van der Waals surface area contributed by atoms with E-state index >= 15 is 0 Å². The van der Waals surface area contributed by atoms with Gasteiger partial charge in [0.1, 0.15) is 5.75 Å². The molecule has 2 aliphatic heterocycles. The minimum absolute atomic E-state index is 0.190. The molecule has 0 saturated carbocycles. The van der Waals surface area contributed by atoms with E-state index < -0.39 is 9.84 Å². The van der Waals surface area contributed by atoms with Gasteiger partial charge in [0, 0.05) is 51.5 Å². The van der Waals surface area contributed by atoms with Crippen LogP contribution in [0.4, 0.5) is 5.69 Å². The molecule has 2 saturated heterocycles. The lowest BCUT2D eigenvalue weighted by molar-refractivity contribution is 0.369. The number of rotatable bonds is 4. The molecule has 26 heavy (non-hydrogen) atoms. The van der Waals surface area contributed by atoms with Gasteiger partial charge in [-0.05, 0) is 24.5 Å². The lowest BCUT2D eigenvalue weighted by Gasteiger charge is -2.38. The van der Waals surface area contributed by atoms with Crippen LogP contribution in [0, 0.1) is 5.92 Å². The summed E-state index contributed by atoms with van der Waals surface area (Å²) < 4.78 is 28.5. The van der Waals surface area contributed by atoms with Crippen LogP contribution in [-0.4, -0.2) is 77.7 Å². The Morgan fingerprint density at radius 3 is 2.69 bits per heavy atom. The van der Waals surface area contributed by atoms with Crippen LogP contribution in [0.3, 0.4) is 0 Å². The van der Waals surface area contributed by atoms with Crippen molar-refractivity contribution in [3.8, 4) is 5.75 Å². The lowest BCUT2D eigenvalue weighted by atomic mass is 10.1. The van der Waals surface area contributed by atoms with E-state index in [2.05, 4.69) is 32.2 Å². The Labute approximate surface area is 156 Å². The summed E-state index contributed by atoms with van der Waals surface area (Å²) in [5, 5.41) is 3.36. The van der Waals surface area contributed by atoms with Crippen LogP contribution in [0.2, 0.25) is 0 Å². The summed E-state index contributed by atoms with van der Waals surface area (Å²) in [6.07, 6.45) is 0.746. The Bertz CT molecular complexity index is 743. The fraction of sp³-hybridized carbons (Fsp3) is 0.611. The summed E-state index contributed by atoms with van der Waals surface area (Å²) in [7, 11) is 0.634. The largest absolute Gasteiger partial charge is 0.497 e. The summed E-state index contributed by atoms with van der Waals surface area (Å²) in [5.74, 6) is 2.53. The van der Waals surface area contributed by atoms with Crippen LogP contribution >= 0.6 is 0 Å². The first kappa shape index (κ1) is 18.8. The third-order valence-corrected chi connectivity index (χ3v) is 6.92. The Morgan fingerprint density at radius 2 is 2.08 bits per heavy atom. The number of aliphatic imine (C=N–C) groups is 1. The van der Waals surface area contributed by atoms with E-state index in [1.165, 1.54) is 5.69 Å². The van der Waals surface area contributed by atoms with E-state index in [4.69, 9.17) is 4.74 Å². The van der Waals surface area contributed by atoms with Crippen LogP contribution in [0.25, 0.3) is 0 Å². The van der Waals surface area contributed by atoms with Gasteiger partial charge in [-0.25, -0.2) is 8.42 Å². The van der Waals surface area contributed by atoms with Gasteiger partial charge in [-0.2, -0.15) is 0 Å². The van der Waals surface area contributed by atoms with Crippen molar-refractivity contribution in [2.45, 2.75) is 6.42 Å². The number of sulfone groups is 1. The second-order valence-corrected chi connectivity index (χ2v) is 9.10. The maximum absolute atomic E-state index is 11.6. The molecule has 0 bridgehead atoms. The topological polar surface area (TPSA) is 74.2 Å². The molecule has 1 atom stereocenters. The molecule has 1 aromatic carbocycles. The van der Waals surface area contributed by atoms with E-state index in [9.17, 15) is 8.42 Å². The van der Waals surface area contributed by atoms with Gasteiger partial charge in [-0.3, -0.25) is 4.99 Å². The van der Waals surface area contributed by atoms with Crippen LogP contribution < -0.4 is 15.0 Å². The Kier molecular flexibility index (Phi) is 5.90. The van der Waals surface area contributed by atoms with Crippen LogP contribution in [-0.2, 0) is 9.84 Å². The molecule has 7 nitrogen and oxygen atoms in total. The molecule has 0 radical (unpaired) electrons. The van der Waals surface area contributed by atoms with Crippen molar-refractivity contribution in [2.24, 2.45) is 10.9 Å². The van der Waals surface area contributed by atoms with Gasteiger partial charge >= 0.3 is 0 Å². The minimum Gasteiger partial charge on any atom is -0.497 e. The Balaban J connectivity index is 1.51. The summed E-state index contributed by atoms with van der Waals surface area (Å²) in [6, 6.07) is 8.13. The van der Waals surface area contributed by atoms with Crippen LogP contribution in [0.15, 0.2) is 29.3 Å². The zero-order valence-electron chi connectivity index (χ0n) is 15.5. The van der Waals surface area contributed by atoms with Gasteiger partial charge in [0.25, 0.3) is 0 Å². The van der Waals surface area contributed by atoms with E-state index in [1.807, 2.05) is 12.1 Å². The van der Waals surface area contributed by atoms with Crippen molar-refractivity contribution in [1.82, 2.24) is 10.2 Å². The van der Waals surface area contributed by atoms with E-state index in [-0.39, 0.29) is 5.92 Å². The number of anilines is 1. The number of hydrogen-bond acceptors (Lipinski definition) is 5. The van der Waals surface area contributed by atoms with Crippen LogP contribution in [0.5, 0.6) is 5.75 Å². The normalized spacial score (nSPS) is 23.2. The number of benzene rings is 1. The van der Waals surface area contributed by atoms with E-state index in [0.29, 0.717) is 18.1 Å². The minimum atomic E-state index is -2.83. The summed E-state index contributed by atoms with van der Waals surface area (Å²) >= 11 is 0. The SMILES string of the molecule is CN=C(NCC1CCS(=O)(=O)C1)N1CCN(c2cccc(OC)c2)CC1. The average molecular weight is 381 g/mol. The molecule has 144 valence electrons. The fourth-order valence-electron chi connectivity index (χ4n) is 3.58. The zero-order chi connectivity index (χ0) is 18.6. The Hall–Kier alpha value is -1.96. The maximum atomic E-state index is 11.6. The van der Waals surface area contributed by atoms with Gasteiger partial charge in [0.05, 0.1) is 18.6 Å². The third kappa shape index (κ3) is 4.60. The Morgan fingerprint density at radius 1 is 1.31 bits per heavy atom. The highest BCUT2D eigenvalue weighted by molar-refractivity contribution is 7.91. The smallest absolute Gasteiger partial charge is 0.193 e. The molecular formula is C18H28N4O3S. The van der Waals surface area contributed by atoms with Crippen molar-refractivity contribution >= 4 is 21.5 Å². The summed E-state index contributed by atoms with van der Waals surface area (Å²) in [5.41, 5.74) is 1.17. The van der Waals surface area contributed by atoms with E-state index in [1.54, 1.807) is 14.2 Å². The van der Waals surface area contributed by atoms with Gasteiger partial charge < -0.3 is 19.9 Å². The number of nitrogens with one attached hydrogen (secondary N) is 1. The molecule has 8 heteroatoms. The molecule has 2 heterocycles. The van der Waals surface area contributed by atoms with Gasteiger partial charge in [0.15, 0.2) is 15.8 Å². The number of hydrogen-bond donors (Lipinski definition) is 1. The number of methoxy groups -OCH3 is 1. The molecule has 1 unspecified atom stereocenters. The zero-order valence-corrected chi connectivity index (χ0v) is 16.3. The monoisotopic (exact) mass is 380 g/mol.